The summed E-state index contributed by atoms with van der Waals surface area (Å²) in [6.45, 7) is 1.97. The van der Waals surface area contributed by atoms with Crippen LogP contribution in [0.5, 0.6) is 5.75 Å². The fourth-order valence-corrected chi connectivity index (χ4v) is 3.11. The molecule has 110 valence electrons. The van der Waals surface area contributed by atoms with Gasteiger partial charge in [0.05, 0.1) is 12.3 Å². The number of ether oxygens (including phenoxy) is 1. The van der Waals surface area contributed by atoms with E-state index in [9.17, 15) is 17.6 Å². The molecular formula is C12H13ClFNO4S. The molecule has 0 saturated carbocycles. The monoisotopic (exact) mass is 321 g/mol. The maximum atomic E-state index is 13.2. The fourth-order valence-electron chi connectivity index (χ4n) is 2.08. The van der Waals surface area contributed by atoms with Gasteiger partial charge in [0.15, 0.2) is 0 Å². The third-order valence-electron chi connectivity index (χ3n) is 3.00. The second-order valence-corrected chi connectivity index (χ2v) is 7.26. The van der Waals surface area contributed by atoms with E-state index in [1.165, 1.54) is 17.0 Å². The molecule has 1 aromatic rings. The SMILES string of the molecule is CCOc1cc(F)ccc1N1CC(S(=O)(=O)Cl)CC1=O. The van der Waals surface area contributed by atoms with Crippen LogP contribution in [0.4, 0.5) is 10.1 Å². The Morgan fingerprint density at radius 2 is 2.20 bits per heavy atom. The Hall–Kier alpha value is -1.34. The first-order chi connectivity index (χ1) is 9.32. The Morgan fingerprint density at radius 3 is 2.75 bits per heavy atom. The molecule has 1 fully saturated rings. The number of rotatable bonds is 4. The van der Waals surface area contributed by atoms with Crippen molar-refractivity contribution in [3.63, 3.8) is 0 Å². The van der Waals surface area contributed by atoms with Gasteiger partial charge in [0.25, 0.3) is 0 Å². The van der Waals surface area contributed by atoms with Crippen LogP contribution in [0.25, 0.3) is 0 Å². The predicted octanol–water partition coefficient (Wildman–Crippen LogP) is 1.90. The number of hydrogen-bond acceptors (Lipinski definition) is 4. The molecule has 2 rings (SSSR count). The highest BCUT2D eigenvalue weighted by atomic mass is 35.7. The summed E-state index contributed by atoms with van der Waals surface area (Å²) in [5.74, 6) is -0.675. The lowest BCUT2D eigenvalue weighted by Gasteiger charge is -2.19. The summed E-state index contributed by atoms with van der Waals surface area (Å²) in [6.07, 6.45) is -0.186. The van der Waals surface area contributed by atoms with E-state index in [1.54, 1.807) is 6.92 Å². The largest absolute Gasteiger partial charge is 0.492 e. The minimum Gasteiger partial charge on any atom is -0.492 e. The molecular weight excluding hydrogens is 309 g/mol. The van der Waals surface area contributed by atoms with Crippen LogP contribution in [0.1, 0.15) is 13.3 Å². The van der Waals surface area contributed by atoms with Gasteiger partial charge in [-0.1, -0.05) is 0 Å². The van der Waals surface area contributed by atoms with E-state index >= 15 is 0 Å². The molecule has 1 aromatic carbocycles. The quantitative estimate of drug-likeness (QED) is 0.795. The minimum atomic E-state index is -3.81. The van der Waals surface area contributed by atoms with Gasteiger partial charge in [-0.3, -0.25) is 4.79 Å². The molecule has 1 aliphatic heterocycles. The number of carbonyl (C=O) groups excluding carboxylic acids is 1. The second-order valence-electron chi connectivity index (χ2n) is 4.35. The van der Waals surface area contributed by atoms with Crippen molar-refractivity contribution in [3.05, 3.63) is 24.0 Å². The summed E-state index contributed by atoms with van der Waals surface area (Å²) in [6, 6.07) is 3.74. The Morgan fingerprint density at radius 1 is 1.50 bits per heavy atom. The number of halogens is 2. The van der Waals surface area contributed by atoms with Gasteiger partial charge >= 0.3 is 0 Å². The summed E-state index contributed by atoms with van der Waals surface area (Å²) in [4.78, 5) is 13.2. The van der Waals surface area contributed by atoms with Gasteiger partial charge in [-0.2, -0.15) is 0 Å². The summed E-state index contributed by atoms with van der Waals surface area (Å²) < 4.78 is 41.1. The molecule has 1 saturated heterocycles. The number of benzene rings is 1. The Labute approximate surface area is 120 Å². The van der Waals surface area contributed by atoms with Crippen LogP contribution in [0, 0.1) is 5.82 Å². The number of carbonyl (C=O) groups is 1. The van der Waals surface area contributed by atoms with Crippen molar-refractivity contribution < 1.29 is 22.3 Å². The van der Waals surface area contributed by atoms with Crippen molar-refractivity contribution in [2.75, 3.05) is 18.1 Å². The highest BCUT2D eigenvalue weighted by molar-refractivity contribution is 8.14. The van der Waals surface area contributed by atoms with Gasteiger partial charge in [0.2, 0.25) is 15.0 Å². The molecule has 0 bridgehead atoms. The van der Waals surface area contributed by atoms with Gasteiger partial charge in [-0.15, -0.1) is 0 Å². The van der Waals surface area contributed by atoms with E-state index in [1.807, 2.05) is 0 Å². The van der Waals surface area contributed by atoms with E-state index in [2.05, 4.69) is 0 Å². The van der Waals surface area contributed by atoms with Gasteiger partial charge < -0.3 is 9.64 Å². The summed E-state index contributed by atoms with van der Waals surface area (Å²) in [7, 11) is 1.47. The average molecular weight is 322 g/mol. The van der Waals surface area contributed by atoms with Crippen LogP contribution in [-0.4, -0.2) is 32.7 Å². The lowest BCUT2D eigenvalue weighted by atomic mass is 10.2. The molecule has 0 N–H and O–H groups in total. The number of nitrogens with zero attached hydrogens (tertiary/aromatic N) is 1. The first-order valence-electron chi connectivity index (χ1n) is 5.99. The molecule has 0 aromatic heterocycles. The Kier molecular flexibility index (Phi) is 4.19. The molecule has 0 spiro atoms. The number of anilines is 1. The molecule has 1 heterocycles. The molecule has 1 aliphatic rings. The van der Waals surface area contributed by atoms with Gasteiger partial charge in [0, 0.05) is 29.7 Å². The zero-order valence-electron chi connectivity index (χ0n) is 10.7. The Balaban J connectivity index is 2.35. The Bertz CT molecular complexity index is 634. The van der Waals surface area contributed by atoms with E-state index in [4.69, 9.17) is 15.4 Å². The molecule has 8 heteroatoms. The minimum absolute atomic E-state index is 0.0592. The zero-order chi connectivity index (χ0) is 14.9. The van der Waals surface area contributed by atoms with E-state index < -0.39 is 20.1 Å². The van der Waals surface area contributed by atoms with Crippen molar-refractivity contribution >= 4 is 31.3 Å². The smallest absolute Gasteiger partial charge is 0.237 e. The second kappa shape index (κ2) is 5.57. The standard InChI is InChI=1S/C12H13ClFNO4S/c1-2-19-11-5-8(14)3-4-10(11)15-7-9(6-12(15)16)20(13,17)18/h3-5,9H,2,6-7H2,1H3. The average Bonchev–Trinajstić information content (AvgIpc) is 2.72. The highest BCUT2D eigenvalue weighted by Gasteiger charge is 2.38. The maximum absolute atomic E-state index is 13.2. The fraction of sp³-hybridized carbons (Fsp3) is 0.417. The summed E-state index contributed by atoms with van der Waals surface area (Å²) >= 11 is 0. The van der Waals surface area contributed by atoms with E-state index in [0.717, 1.165) is 6.07 Å². The molecule has 0 aliphatic carbocycles. The van der Waals surface area contributed by atoms with Crippen molar-refractivity contribution in [2.24, 2.45) is 0 Å². The van der Waals surface area contributed by atoms with Gasteiger partial charge in [0.1, 0.15) is 16.8 Å². The third kappa shape index (κ3) is 3.04. The molecule has 1 atom stereocenters. The lowest BCUT2D eigenvalue weighted by molar-refractivity contribution is -0.117. The summed E-state index contributed by atoms with van der Waals surface area (Å²) in [5, 5.41) is -0.962. The van der Waals surface area contributed by atoms with Crippen LogP contribution in [0.2, 0.25) is 0 Å². The number of amides is 1. The van der Waals surface area contributed by atoms with Gasteiger partial charge in [-0.25, -0.2) is 12.8 Å². The topological polar surface area (TPSA) is 63.7 Å². The lowest BCUT2D eigenvalue weighted by Crippen LogP contribution is -2.27. The van der Waals surface area contributed by atoms with Crippen LogP contribution in [0.15, 0.2) is 18.2 Å². The van der Waals surface area contributed by atoms with Crippen molar-refractivity contribution in [3.8, 4) is 5.75 Å². The molecule has 0 radical (unpaired) electrons. The van der Waals surface area contributed by atoms with E-state index in [-0.39, 0.29) is 24.6 Å². The molecule has 20 heavy (non-hydrogen) atoms. The molecule has 5 nitrogen and oxygen atoms in total. The van der Waals surface area contributed by atoms with Crippen LogP contribution < -0.4 is 9.64 Å². The van der Waals surface area contributed by atoms with Crippen LogP contribution in [0.3, 0.4) is 0 Å². The van der Waals surface area contributed by atoms with Gasteiger partial charge in [-0.05, 0) is 19.1 Å². The predicted molar refractivity (Wildman–Crippen MR) is 73.1 cm³/mol. The third-order valence-corrected chi connectivity index (χ3v) is 4.87. The maximum Gasteiger partial charge on any atom is 0.237 e. The molecule has 1 amide bonds. The molecule has 1 unspecified atom stereocenters. The normalized spacial score (nSPS) is 19.4. The highest BCUT2D eigenvalue weighted by Crippen LogP contribution is 2.34. The van der Waals surface area contributed by atoms with Crippen LogP contribution in [-0.2, 0) is 13.8 Å². The van der Waals surface area contributed by atoms with Crippen molar-refractivity contribution in [1.82, 2.24) is 0 Å². The first-order valence-corrected chi connectivity index (χ1v) is 8.36. The van der Waals surface area contributed by atoms with Crippen molar-refractivity contribution in [1.29, 1.82) is 0 Å². The first kappa shape index (κ1) is 15.1. The zero-order valence-corrected chi connectivity index (χ0v) is 12.2. The van der Waals surface area contributed by atoms with Crippen LogP contribution >= 0.6 is 10.7 Å². The van der Waals surface area contributed by atoms with Crippen molar-refractivity contribution in [2.45, 2.75) is 18.6 Å². The number of hydrogen-bond donors (Lipinski definition) is 0. The van der Waals surface area contributed by atoms with E-state index in [0.29, 0.717) is 12.3 Å². The summed E-state index contributed by atoms with van der Waals surface area (Å²) in [5.41, 5.74) is 0.348.